The van der Waals surface area contributed by atoms with Crippen molar-refractivity contribution in [2.45, 2.75) is 19.9 Å². The molecule has 0 spiro atoms. The van der Waals surface area contributed by atoms with Gasteiger partial charge >= 0.3 is 0 Å². The molecule has 0 amide bonds. The Kier molecular flexibility index (Phi) is 4.79. The molecule has 4 rings (SSSR count). The van der Waals surface area contributed by atoms with Gasteiger partial charge in [-0.05, 0) is 36.1 Å². The van der Waals surface area contributed by atoms with Crippen LogP contribution in [0.15, 0.2) is 59.8 Å². The third kappa shape index (κ3) is 3.97. The minimum absolute atomic E-state index is 0.201. The Labute approximate surface area is 168 Å². The monoisotopic (exact) mass is 408 g/mol. The summed E-state index contributed by atoms with van der Waals surface area (Å²) < 4.78 is 27.4. The van der Waals surface area contributed by atoms with E-state index in [0.717, 1.165) is 30.3 Å². The Hall–Kier alpha value is -3.26. The van der Waals surface area contributed by atoms with Crippen molar-refractivity contribution in [3.05, 3.63) is 65.2 Å². The molecule has 0 saturated carbocycles. The number of aromatic nitrogens is 3. The number of hydrogen-bond donors (Lipinski definition) is 1. The van der Waals surface area contributed by atoms with E-state index in [1.807, 2.05) is 23.0 Å². The van der Waals surface area contributed by atoms with Crippen LogP contribution in [0, 0.1) is 0 Å². The van der Waals surface area contributed by atoms with Crippen molar-refractivity contribution in [1.82, 2.24) is 14.8 Å². The van der Waals surface area contributed by atoms with Crippen LogP contribution in [-0.4, -0.2) is 29.4 Å². The van der Waals surface area contributed by atoms with Crippen molar-refractivity contribution in [3.8, 4) is 11.1 Å². The second-order valence-corrected chi connectivity index (χ2v) is 8.74. The summed E-state index contributed by atoms with van der Waals surface area (Å²) in [6, 6.07) is 10.3. The Bertz CT molecular complexity index is 1390. The van der Waals surface area contributed by atoms with Crippen molar-refractivity contribution in [2.24, 2.45) is 0 Å². The fraction of sp³-hybridized carbons (Fsp3) is 0.190. The number of hydrogen-bond acceptors (Lipinski definition) is 5. The highest BCUT2D eigenvalue weighted by Gasteiger charge is 2.09. The second-order valence-electron chi connectivity index (χ2n) is 6.99. The maximum absolute atomic E-state index is 13.3. The number of nitrogens with zero attached hydrogens (tertiary/aromatic N) is 3. The second kappa shape index (κ2) is 7.29. The van der Waals surface area contributed by atoms with Gasteiger partial charge in [-0.1, -0.05) is 19.1 Å². The third-order valence-electron chi connectivity index (χ3n) is 4.60. The first-order chi connectivity index (χ1) is 13.8. The highest BCUT2D eigenvalue weighted by molar-refractivity contribution is 7.92. The summed E-state index contributed by atoms with van der Waals surface area (Å²) in [5.74, 6) is 0. The van der Waals surface area contributed by atoms with E-state index in [2.05, 4.69) is 21.7 Å². The van der Waals surface area contributed by atoms with Crippen LogP contribution in [-0.2, 0) is 16.6 Å². The number of pyridine rings is 1. The van der Waals surface area contributed by atoms with Gasteiger partial charge in [0, 0.05) is 46.5 Å². The molecule has 29 heavy (non-hydrogen) atoms. The molecule has 148 valence electrons. The predicted octanol–water partition coefficient (Wildman–Crippen LogP) is 3.39. The molecule has 0 saturated heterocycles. The Balaban J connectivity index is 1.91. The molecule has 0 atom stereocenters. The number of anilines is 1. The summed E-state index contributed by atoms with van der Waals surface area (Å²) in [4.78, 5) is 17.7. The largest absolute Gasteiger partial charge is 0.289 e. The Morgan fingerprint density at radius 1 is 1.03 bits per heavy atom. The summed E-state index contributed by atoms with van der Waals surface area (Å²) in [5, 5.41) is 5.95. The van der Waals surface area contributed by atoms with Gasteiger partial charge in [0.15, 0.2) is 5.43 Å². The molecule has 4 aromatic rings. The first-order valence-corrected chi connectivity index (χ1v) is 11.1. The lowest BCUT2D eigenvalue weighted by molar-refractivity contribution is 0.603. The zero-order valence-electron chi connectivity index (χ0n) is 16.1. The minimum atomic E-state index is -3.44. The number of rotatable bonds is 5. The van der Waals surface area contributed by atoms with E-state index in [0.29, 0.717) is 27.4 Å². The van der Waals surface area contributed by atoms with Gasteiger partial charge in [0.05, 0.1) is 18.0 Å². The summed E-state index contributed by atoms with van der Waals surface area (Å²) in [6.07, 6.45) is 7.48. The maximum atomic E-state index is 13.3. The number of fused-ring (bicyclic) bond motifs is 2. The van der Waals surface area contributed by atoms with E-state index in [1.165, 1.54) is 0 Å². The van der Waals surface area contributed by atoms with Crippen molar-refractivity contribution in [2.75, 3.05) is 11.0 Å². The first-order valence-electron chi connectivity index (χ1n) is 9.21. The molecular formula is C21H20N4O3S. The summed E-state index contributed by atoms with van der Waals surface area (Å²) >= 11 is 0. The highest BCUT2D eigenvalue weighted by Crippen LogP contribution is 2.23. The standard InChI is InChI=1S/C21H20N4O3S/c1-3-8-25-13-16(12-23-25)15-9-19-20(22-11-15)7-5-14-4-6-17(24-29(2,27)28)10-18(14)21(19)26/h4-7,9-13,24H,3,8H2,1-2H3. The van der Waals surface area contributed by atoms with E-state index < -0.39 is 10.0 Å². The average Bonchev–Trinajstić information content (AvgIpc) is 3.09. The molecule has 7 nitrogen and oxygen atoms in total. The van der Waals surface area contributed by atoms with Crippen LogP contribution in [0.3, 0.4) is 0 Å². The van der Waals surface area contributed by atoms with Crippen molar-refractivity contribution in [3.63, 3.8) is 0 Å². The Morgan fingerprint density at radius 2 is 1.83 bits per heavy atom. The molecule has 0 unspecified atom stereocenters. The average molecular weight is 408 g/mol. The summed E-state index contributed by atoms with van der Waals surface area (Å²) in [5.41, 5.74) is 2.42. The molecule has 0 aliphatic carbocycles. The van der Waals surface area contributed by atoms with Gasteiger partial charge in [-0.3, -0.25) is 19.2 Å². The van der Waals surface area contributed by atoms with Crippen molar-refractivity contribution < 1.29 is 8.42 Å². The SMILES string of the molecule is CCCn1cc(-c2cnc3ccc4ccc(NS(C)(=O)=O)cc4c(=O)c3c2)cn1. The van der Waals surface area contributed by atoms with Crippen molar-refractivity contribution >= 4 is 37.4 Å². The van der Waals surface area contributed by atoms with Crippen LogP contribution >= 0.6 is 0 Å². The normalized spacial score (nSPS) is 11.8. The molecule has 2 aromatic carbocycles. The van der Waals surface area contributed by atoms with Gasteiger partial charge in [-0.15, -0.1) is 0 Å². The lowest BCUT2D eigenvalue weighted by Gasteiger charge is -2.03. The molecular weight excluding hydrogens is 388 g/mol. The number of benzene rings is 1. The fourth-order valence-electron chi connectivity index (χ4n) is 3.30. The molecule has 8 heteroatoms. The summed E-state index contributed by atoms with van der Waals surface area (Å²) in [6.45, 7) is 2.91. The van der Waals surface area contributed by atoms with Crippen LogP contribution in [0.25, 0.3) is 32.8 Å². The van der Waals surface area contributed by atoms with Crippen LogP contribution in [0.5, 0.6) is 0 Å². The molecule has 0 fully saturated rings. The molecule has 0 bridgehead atoms. The van der Waals surface area contributed by atoms with E-state index in [-0.39, 0.29) is 5.43 Å². The molecule has 2 aromatic heterocycles. The van der Waals surface area contributed by atoms with E-state index in [1.54, 1.807) is 36.7 Å². The molecule has 1 N–H and O–H groups in total. The van der Waals surface area contributed by atoms with Crippen LogP contribution < -0.4 is 10.2 Å². The van der Waals surface area contributed by atoms with Gasteiger partial charge < -0.3 is 0 Å². The van der Waals surface area contributed by atoms with Gasteiger partial charge in [0.25, 0.3) is 0 Å². The van der Waals surface area contributed by atoms with E-state index in [4.69, 9.17) is 0 Å². The highest BCUT2D eigenvalue weighted by atomic mass is 32.2. The third-order valence-corrected chi connectivity index (χ3v) is 5.21. The van der Waals surface area contributed by atoms with E-state index in [9.17, 15) is 13.2 Å². The van der Waals surface area contributed by atoms with Gasteiger partial charge in [0.1, 0.15) is 0 Å². The zero-order valence-corrected chi connectivity index (χ0v) is 16.9. The topological polar surface area (TPSA) is 94.0 Å². The smallest absolute Gasteiger partial charge is 0.229 e. The quantitative estimate of drug-likeness (QED) is 0.546. The minimum Gasteiger partial charge on any atom is -0.289 e. The zero-order chi connectivity index (χ0) is 20.6. The van der Waals surface area contributed by atoms with Crippen LogP contribution in [0.4, 0.5) is 5.69 Å². The molecule has 2 heterocycles. The number of aryl methyl sites for hydroxylation is 1. The van der Waals surface area contributed by atoms with Gasteiger partial charge in [0.2, 0.25) is 10.0 Å². The number of sulfonamides is 1. The van der Waals surface area contributed by atoms with Crippen molar-refractivity contribution in [1.29, 1.82) is 0 Å². The fourth-order valence-corrected chi connectivity index (χ4v) is 3.86. The number of nitrogens with one attached hydrogen (secondary N) is 1. The lowest BCUT2D eigenvalue weighted by Crippen LogP contribution is -2.10. The van der Waals surface area contributed by atoms with Crippen LogP contribution in [0.1, 0.15) is 13.3 Å². The Morgan fingerprint density at radius 3 is 2.59 bits per heavy atom. The first kappa shape index (κ1) is 19.1. The van der Waals surface area contributed by atoms with Crippen LogP contribution in [0.2, 0.25) is 0 Å². The molecule has 0 radical (unpaired) electrons. The predicted molar refractivity (Wildman–Crippen MR) is 115 cm³/mol. The lowest BCUT2D eigenvalue weighted by atomic mass is 10.1. The van der Waals surface area contributed by atoms with Gasteiger partial charge in [-0.25, -0.2) is 8.42 Å². The molecule has 0 aliphatic heterocycles. The van der Waals surface area contributed by atoms with Gasteiger partial charge in [-0.2, -0.15) is 5.10 Å². The maximum Gasteiger partial charge on any atom is 0.229 e. The molecule has 0 aliphatic rings. The summed E-state index contributed by atoms with van der Waals surface area (Å²) in [7, 11) is -3.44. The van der Waals surface area contributed by atoms with E-state index >= 15 is 0 Å².